The van der Waals surface area contributed by atoms with Gasteiger partial charge in [-0.25, -0.2) is 4.79 Å². The second-order valence-corrected chi connectivity index (χ2v) is 16.3. The Labute approximate surface area is 258 Å². The Bertz CT molecular complexity index is 1230. The van der Waals surface area contributed by atoms with Crippen LogP contribution in [0.3, 0.4) is 0 Å². The third-order valence-electron chi connectivity index (χ3n) is 6.93. The van der Waals surface area contributed by atoms with Gasteiger partial charge in [-0.1, -0.05) is 32.9 Å². The van der Waals surface area contributed by atoms with Crippen LogP contribution in [0.15, 0.2) is 30.0 Å². The molecule has 0 aliphatic carbocycles. The summed E-state index contributed by atoms with van der Waals surface area (Å²) in [4.78, 5) is 60.5. The molecular weight excluding hydrogens is 596 g/mol. The zero-order chi connectivity index (χ0) is 33.4. The van der Waals surface area contributed by atoms with Crippen LogP contribution in [-0.4, -0.2) is 82.6 Å². The van der Waals surface area contributed by atoms with Crippen molar-refractivity contribution in [3.8, 4) is 5.75 Å². The van der Waals surface area contributed by atoms with E-state index in [1.54, 1.807) is 24.3 Å². The molecule has 2 rings (SSSR count). The van der Waals surface area contributed by atoms with Crippen molar-refractivity contribution in [2.24, 2.45) is 0 Å². The van der Waals surface area contributed by atoms with Crippen molar-refractivity contribution >= 4 is 44.2 Å². The maximum Gasteiger partial charge on any atom is 0.373 e. The Balaban J connectivity index is 2.52. The van der Waals surface area contributed by atoms with Gasteiger partial charge in [0.2, 0.25) is 26.5 Å². The first-order valence-electron chi connectivity index (χ1n) is 13.9. The third-order valence-corrected chi connectivity index (χ3v) is 11.3. The number of ether oxygens (including phenoxy) is 7. The number of benzene rings is 1. The summed E-state index contributed by atoms with van der Waals surface area (Å²) in [6.45, 7) is 14.6. The number of esters is 5. The fourth-order valence-electron chi connectivity index (χ4n) is 3.88. The summed E-state index contributed by atoms with van der Waals surface area (Å²) in [6, 6.07) is 6.94. The largest absolute Gasteiger partial charge is 0.544 e. The molecule has 1 aromatic carbocycles. The van der Waals surface area contributed by atoms with Crippen molar-refractivity contribution in [1.82, 2.24) is 0 Å². The Kier molecular flexibility index (Phi) is 12.5. The smallest absolute Gasteiger partial charge is 0.373 e. The highest BCUT2D eigenvalue weighted by atomic mass is 28.4. The second kappa shape index (κ2) is 15.2. The summed E-state index contributed by atoms with van der Waals surface area (Å²) in [5, 5.41) is -0.0122. The number of hydrogen-bond donors (Lipinski definition) is 0. The molecule has 0 saturated carbocycles. The Morgan fingerprint density at radius 1 is 0.795 bits per heavy atom. The van der Waals surface area contributed by atoms with Gasteiger partial charge in [-0.05, 0) is 41.9 Å². The summed E-state index contributed by atoms with van der Waals surface area (Å²) < 4.78 is 44.3. The summed E-state index contributed by atoms with van der Waals surface area (Å²) in [5.41, 5.74) is 0.526. The Morgan fingerprint density at radius 3 is 1.80 bits per heavy atom. The highest BCUT2D eigenvalue weighted by Crippen LogP contribution is 2.37. The minimum Gasteiger partial charge on any atom is -0.544 e. The van der Waals surface area contributed by atoms with Gasteiger partial charge in [0, 0.05) is 27.7 Å². The third kappa shape index (κ3) is 10.4. The predicted octanol–water partition coefficient (Wildman–Crippen LogP) is 3.68. The van der Waals surface area contributed by atoms with Crippen LogP contribution < -0.4 is 4.43 Å². The molecule has 1 aliphatic rings. The lowest BCUT2D eigenvalue weighted by Gasteiger charge is -2.43. The molecule has 0 bridgehead atoms. The highest BCUT2D eigenvalue weighted by molar-refractivity contribution is 6.74. The summed E-state index contributed by atoms with van der Waals surface area (Å²) in [7, 11) is -0.954. The van der Waals surface area contributed by atoms with Crippen molar-refractivity contribution in [1.29, 1.82) is 0 Å². The van der Waals surface area contributed by atoms with Crippen molar-refractivity contribution in [2.75, 3.05) is 13.7 Å². The van der Waals surface area contributed by atoms with Gasteiger partial charge in [0.05, 0.1) is 7.11 Å². The van der Waals surface area contributed by atoms with Gasteiger partial charge in [-0.2, -0.15) is 0 Å². The molecule has 1 heterocycles. The number of hydrogen-bond acceptors (Lipinski definition) is 13. The molecule has 0 spiro atoms. The fraction of sp³-hybridized carbons (Fsp3) is 0.567. The van der Waals surface area contributed by atoms with E-state index in [1.165, 1.54) is 6.08 Å². The fourth-order valence-corrected chi connectivity index (χ4v) is 4.91. The molecule has 14 heteroatoms. The topological polar surface area (TPSA) is 159 Å². The van der Waals surface area contributed by atoms with Crippen LogP contribution in [0.5, 0.6) is 5.75 Å². The minimum absolute atomic E-state index is 0.0122. The summed E-state index contributed by atoms with van der Waals surface area (Å²) in [5.74, 6) is -3.67. The lowest BCUT2D eigenvalue weighted by Crippen LogP contribution is -2.63. The minimum atomic E-state index is -2.10. The van der Waals surface area contributed by atoms with E-state index in [0.29, 0.717) is 11.3 Å². The molecule has 244 valence electrons. The van der Waals surface area contributed by atoms with Gasteiger partial charge in [-0.15, -0.1) is 0 Å². The van der Waals surface area contributed by atoms with Crippen LogP contribution in [0.25, 0.3) is 6.08 Å². The molecule has 0 aromatic heterocycles. The van der Waals surface area contributed by atoms with Gasteiger partial charge in [0.25, 0.3) is 0 Å². The zero-order valence-electron chi connectivity index (χ0n) is 26.8. The lowest BCUT2D eigenvalue weighted by atomic mass is 9.98. The van der Waals surface area contributed by atoms with E-state index in [1.807, 2.05) is 0 Å². The van der Waals surface area contributed by atoms with Crippen LogP contribution >= 0.6 is 0 Å². The van der Waals surface area contributed by atoms with E-state index < -0.39 is 75.5 Å². The van der Waals surface area contributed by atoms with Gasteiger partial charge in [0.1, 0.15) is 18.5 Å². The standard InChI is InChI=1S/C30H42O13Si/c1-17(31)37-16-24-25(38-18(2)32)26(39-19(3)33)27(40-20(4)34)29(42-24)41-23(28(35)36-8)15-21-11-13-22(14-12-21)43-44(9,10)30(5,6)7/h11-15,24-27,29H,16H2,1-10H3/b23-15-/t24-,25-,26+,27-,29-/m0/s1. The zero-order valence-corrected chi connectivity index (χ0v) is 27.8. The predicted molar refractivity (Wildman–Crippen MR) is 157 cm³/mol. The van der Waals surface area contributed by atoms with Gasteiger partial charge in [-0.3, -0.25) is 19.2 Å². The first-order valence-corrected chi connectivity index (χ1v) is 16.8. The highest BCUT2D eigenvalue weighted by Gasteiger charge is 2.53. The molecule has 0 amide bonds. The number of carbonyl (C=O) groups is 5. The SMILES string of the molecule is COC(=O)/C(=C/c1ccc(O[Si](C)(C)C(C)(C)C)cc1)O[C@H]1O[C@@H](COC(C)=O)[C@H](OC(C)=O)[C@@H](OC(C)=O)[C@@H]1OC(C)=O. The monoisotopic (exact) mass is 638 g/mol. The second-order valence-electron chi connectivity index (χ2n) is 11.6. The maximum absolute atomic E-state index is 12.8. The molecule has 13 nitrogen and oxygen atoms in total. The Morgan fingerprint density at radius 2 is 1.32 bits per heavy atom. The average molecular weight is 639 g/mol. The molecule has 1 fully saturated rings. The van der Waals surface area contributed by atoms with Crippen molar-refractivity contribution in [3.63, 3.8) is 0 Å². The quantitative estimate of drug-likeness (QED) is 0.114. The Hall–Kier alpha value is -3.91. The molecule has 0 unspecified atom stereocenters. The van der Waals surface area contributed by atoms with Gasteiger partial charge >= 0.3 is 29.8 Å². The average Bonchev–Trinajstić information content (AvgIpc) is 2.89. The van der Waals surface area contributed by atoms with E-state index >= 15 is 0 Å². The van der Waals surface area contributed by atoms with E-state index in [9.17, 15) is 24.0 Å². The first-order chi connectivity index (χ1) is 20.3. The van der Waals surface area contributed by atoms with Crippen LogP contribution in [-0.2, 0) is 57.1 Å². The van der Waals surface area contributed by atoms with Crippen LogP contribution in [0.4, 0.5) is 0 Å². The van der Waals surface area contributed by atoms with Crippen molar-refractivity contribution < 1.29 is 61.6 Å². The van der Waals surface area contributed by atoms with Crippen LogP contribution in [0, 0.1) is 0 Å². The lowest BCUT2D eigenvalue weighted by molar-refractivity contribution is -0.299. The number of methoxy groups -OCH3 is 1. The maximum atomic E-state index is 12.8. The summed E-state index contributed by atoms with van der Waals surface area (Å²) in [6.07, 6.45) is -5.86. The molecule has 44 heavy (non-hydrogen) atoms. The number of rotatable bonds is 11. The van der Waals surface area contributed by atoms with E-state index in [2.05, 4.69) is 33.9 Å². The molecule has 1 aromatic rings. The molecule has 1 aliphatic heterocycles. The van der Waals surface area contributed by atoms with Crippen molar-refractivity contribution in [2.45, 2.75) is 97.3 Å². The van der Waals surface area contributed by atoms with Crippen LogP contribution in [0.1, 0.15) is 54.0 Å². The molecule has 0 N–H and O–H groups in total. The van der Waals surface area contributed by atoms with Crippen molar-refractivity contribution in [3.05, 3.63) is 35.6 Å². The van der Waals surface area contributed by atoms with E-state index in [0.717, 1.165) is 34.8 Å². The van der Waals surface area contributed by atoms with E-state index in [-0.39, 0.29) is 10.8 Å². The number of carbonyl (C=O) groups excluding carboxylic acids is 5. The van der Waals surface area contributed by atoms with Gasteiger partial charge in [0.15, 0.2) is 12.2 Å². The molecule has 0 radical (unpaired) electrons. The van der Waals surface area contributed by atoms with Gasteiger partial charge < -0.3 is 37.6 Å². The molecule has 1 saturated heterocycles. The molecule has 5 atom stereocenters. The summed E-state index contributed by atoms with van der Waals surface area (Å²) >= 11 is 0. The molecular formula is C30H42O13Si. The van der Waals surface area contributed by atoms with E-state index in [4.69, 9.17) is 37.6 Å². The van der Waals surface area contributed by atoms with Crippen LogP contribution in [0.2, 0.25) is 18.1 Å². The normalized spacial score (nSPS) is 22.2. The first kappa shape index (κ1) is 36.3.